The molecule has 200 valence electrons. The number of esters is 1. The van der Waals surface area contributed by atoms with Gasteiger partial charge in [0.15, 0.2) is 5.76 Å². The summed E-state index contributed by atoms with van der Waals surface area (Å²) >= 11 is 0. The van der Waals surface area contributed by atoms with Crippen LogP contribution in [-0.4, -0.2) is 67.1 Å². The Kier molecular flexibility index (Phi) is 7.92. The van der Waals surface area contributed by atoms with Crippen molar-refractivity contribution in [2.75, 3.05) is 20.8 Å². The van der Waals surface area contributed by atoms with Gasteiger partial charge in [-0.15, -0.1) is 0 Å². The molecule has 2 amide bonds. The Morgan fingerprint density at radius 1 is 1.05 bits per heavy atom. The molecule has 4 rings (SSSR count). The molecule has 2 heterocycles. The third kappa shape index (κ3) is 6.15. The summed E-state index contributed by atoms with van der Waals surface area (Å²) in [5, 5.41) is 6.40. The molecule has 2 fully saturated rings. The highest BCUT2D eigenvalue weighted by Crippen LogP contribution is 2.33. The zero-order valence-corrected chi connectivity index (χ0v) is 22.2. The number of carbonyl (C=O) groups excluding carboxylic acids is 3. The standard InChI is InChI=1S/C28H37N3O6/c1-28(2,3)30-19-8-11-23(21(15-19)27(34)36-5)31-13-12-22(26(31)33)29-25(32)24-14-18(16-37-24)17-6-9-20(35-4)10-7-17/h6-7,9-10,14,16,19,21-23,30H,8,11-13,15H2,1-5H3,(H,29,32)/t19-,21-,22?,23+/m1/s1. The number of carbonyl (C=O) groups is 3. The number of methoxy groups -OCH3 is 2. The molecule has 9 heteroatoms. The monoisotopic (exact) mass is 511 g/mol. The summed E-state index contributed by atoms with van der Waals surface area (Å²) in [5.41, 5.74) is 1.57. The second-order valence-electron chi connectivity index (χ2n) is 10.9. The van der Waals surface area contributed by atoms with Crippen molar-refractivity contribution in [2.24, 2.45) is 5.92 Å². The van der Waals surface area contributed by atoms with Gasteiger partial charge in [-0.2, -0.15) is 0 Å². The van der Waals surface area contributed by atoms with Gasteiger partial charge >= 0.3 is 5.97 Å². The van der Waals surface area contributed by atoms with E-state index in [4.69, 9.17) is 13.9 Å². The Labute approximate surface area is 217 Å². The number of likely N-dealkylation sites (tertiary alicyclic amines) is 1. The van der Waals surface area contributed by atoms with Gasteiger partial charge < -0.3 is 29.4 Å². The number of furan rings is 1. The van der Waals surface area contributed by atoms with Gasteiger partial charge in [-0.05, 0) is 70.2 Å². The molecular weight excluding hydrogens is 474 g/mol. The second kappa shape index (κ2) is 11.0. The lowest BCUT2D eigenvalue weighted by Gasteiger charge is -2.41. The highest BCUT2D eigenvalue weighted by atomic mass is 16.5. The van der Waals surface area contributed by atoms with E-state index in [2.05, 4.69) is 31.4 Å². The third-order valence-corrected chi connectivity index (χ3v) is 7.15. The largest absolute Gasteiger partial charge is 0.497 e. The molecule has 2 aliphatic rings. The maximum absolute atomic E-state index is 13.3. The van der Waals surface area contributed by atoms with Gasteiger partial charge in [-0.25, -0.2) is 0 Å². The van der Waals surface area contributed by atoms with Crippen molar-refractivity contribution < 1.29 is 28.3 Å². The van der Waals surface area contributed by atoms with E-state index < -0.39 is 17.9 Å². The summed E-state index contributed by atoms with van der Waals surface area (Å²) in [5.74, 6) is -0.443. The zero-order valence-electron chi connectivity index (χ0n) is 22.2. The molecule has 2 aromatic rings. The van der Waals surface area contributed by atoms with Crippen LogP contribution in [0.4, 0.5) is 0 Å². The van der Waals surface area contributed by atoms with Crippen molar-refractivity contribution in [3.05, 3.63) is 42.4 Å². The van der Waals surface area contributed by atoms with Crippen molar-refractivity contribution in [3.8, 4) is 16.9 Å². The molecule has 1 aromatic heterocycles. The molecule has 1 aliphatic carbocycles. The molecule has 1 unspecified atom stereocenters. The Bertz CT molecular complexity index is 1120. The van der Waals surface area contributed by atoms with Crippen molar-refractivity contribution in [1.82, 2.24) is 15.5 Å². The second-order valence-corrected chi connectivity index (χ2v) is 10.9. The quantitative estimate of drug-likeness (QED) is 0.549. The molecule has 0 bridgehead atoms. The van der Waals surface area contributed by atoms with Crippen LogP contribution in [0.1, 0.15) is 57.0 Å². The topological polar surface area (TPSA) is 110 Å². The fraction of sp³-hybridized carbons (Fsp3) is 0.536. The number of benzene rings is 1. The van der Waals surface area contributed by atoms with Crippen LogP contribution in [0.3, 0.4) is 0 Å². The lowest BCUT2D eigenvalue weighted by Crippen LogP contribution is -2.55. The average Bonchev–Trinajstić information content (AvgIpc) is 3.50. The summed E-state index contributed by atoms with van der Waals surface area (Å²) in [6, 6.07) is 8.36. The predicted octanol–water partition coefficient (Wildman–Crippen LogP) is 3.38. The van der Waals surface area contributed by atoms with Crippen molar-refractivity contribution in [2.45, 2.75) is 70.1 Å². The molecule has 0 spiro atoms. The Balaban J connectivity index is 1.40. The van der Waals surface area contributed by atoms with E-state index in [9.17, 15) is 14.4 Å². The first-order chi connectivity index (χ1) is 17.6. The van der Waals surface area contributed by atoms with Gasteiger partial charge in [0, 0.05) is 29.7 Å². The average molecular weight is 512 g/mol. The first kappa shape index (κ1) is 26.7. The third-order valence-electron chi connectivity index (χ3n) is 7.15. The van der Waals surface area contributed by atoms with Crippen molar-refractivity contribution in [1.29, 1.82) is 0 Å². The minimum atomic E-state index is -0.661. The van der Waals surface area contributed by atoms with Crippen molar-refractivity contribution >= 4 is 17.8 Å². The van der Waals surface area contributed by atoms with Gasteiger partial charge in [-0.3, -0.25) is 14.4 Å². The zero-order chi connectivity index (χ0) is 26.7. The molecule has 9 nitrogen and oxygen atoms in total. The van der Waals surface area contributed by atoms with Gasteiger partial charge in [-0.1, -0.05) is 12.1 Å². The van der Waals surface area contributed by atoms with Crippen LogP contribution in [0.25, 0.3) is 11.1 Å². The van der Waals surface area contributed by atoms with Gasteiger partial charge in [0.05, 0.1) is 26.4 Å². The minimum Gasteiger partial charge on any atom is -0.497 e. The van der Waals surface area contributed by atoms with Crippen LogP contribution in [0.5, 0.6) is 5.75 Å². The van der Waals surface area contributed by atoms with E-state index in [0.29, 0.717) is 25.8 Å². The molecule has 1 saturated carbocycles. The lowest BCUT2D eigenvalue weighted by molar-refractivity contribution is -0.151. The minimum absolute atomic E-state index is 0.0733. The van der Waals surface area contributed by atoms with Gasteiger partial charge in [0.2, 0.25) is 5.91 Å². The van der Waals surface area contributed by atoms with E-state index in [1.807, 2.05) is 24.3 Å². The fourth-order valence-corrected chi connectivity index (χ4v) is 5.46. The summed E-state index contributed by atoms with van der Waals surface area (Å²) in [4.78, 5) is 40.6. The molecule has 1 aliphatic heterocycles. The number of hydrogen-bond acceptors (Lipinski definition) is 7. The highest BCUT2D eigenvalue weighted by molar-refractivity contribution is 5.97. The molecule has 4 atom stereocenters. The maximum Gasteiger partial charge on any atom is 0.310 e. The van der Waals surface area contributed by atoms with Crippen LogP contribution < -0.4 is 15.4 Å². The SMILES string of the molecule is COC(=O)[C@@H]1C[C@H](NC(C)(C)C)CC[C@@H]1N1CCC(NC(=O)c2cc(-c3ccc(OC)cc3)co2)C1=O. The number of ether oxygens (including phenoxy) is 2. The van der Waals surface area contributed by atoms with Crippen LogP contribution in [0.15, 0.2) is 41.0 Å². The predicted molar refractivity (Wildman–Crippen MR) is 138 cm³/mol. The first-order valence-corrected chi connectivity index (χ1v) is 12.8. The Hall–Kier alpha value is -3.33. The van der Waals surface area contributed by atoms with Crippen LogP contribution >= 0.6 is 0 Å². The molecule has 1 aromatic carbocycles. The molecule has 2 N–H and O–H groups in total. The van der Waals surface area contributed by atoms with E-state index in [1.165, 1.54) is 13.4 Å². The smallest absolute Gasteiger partial charge is 0.310 e. The van der Waals surface area contributed by atoms with Crippen LogP contribution in [0.2, 0.25) is 0 Å². The highest BCUT2D eigenvalue weighted by Gasteiger charge is 2.45. The van der Waals surface area contributed by atoms with E-state index >= 15 is 0 Å². The first-order valence-electron chi connectivity index (χ1n) is 12.8. The summed E-state index contributed by atoms with van der Waals surface area (Å²) < 4.78 is 15.8. The van der Waals surface area contributed by atoms with Crippen LogP contribution in [0, 0.1) is 5.92 Å². The number of amides is 2. The summed E-state index contributed by atoms with van der Waals surface area (Å²) in [7, 11) is 2.99. The maximum atomic E-state index is 13.3. The number of rotatable bonds is 7. The normalized spacial score (nSPS) is 24.1. The Morgan fingerprint density at radius 3 is 2.43 bits per heavy atom. The fourth-order valence-electron chi connectivity index (χ4n) is 5.46. The van der Waals surface area contributed by atoms with E-state index in [1.54, 1.807) is 18.1 Å². The molecule has 1 saturated heterocycles. The summed E-state index contributed by atoms with van der Waals surface area (Å²) in [6.45, 7) is 6.78. The number of hydrogen-bond donors (Lipinski definition) is 2. The van der Waals surface area contributed by atoms with Gasteiger partial charge in [0.25, 0.3) is 5.91 Å². The van der Waals surface area contributed by atoms with Crippen LogP contribution in [-0.2, 0) is 14.3 Å². The molecule has 0 radical (unpaired) electrons. The molecule has 37 heavy (non-hydrogen) atoms. The van der Waals surface area contributed by atoms with E-state index in [-0.39, 0.29) is 35.3 Å². The lowest BCUT2D eigenvalue weighted by atomic mass is 9.80. The molecular formula is C28H37N3O6. The van der Waals surface area contributed by atoms with E-state index in [0.717, 1.165) is 23.3 Å². The summed E-state index contributed by atoms with van der Waals surface area (Å²) in [6.07, 6.45) is 4.16. The van der Waals surface area contributed by atoms with Crippen molar-refractivity contribution in [3.63, 3.8) is 0 Å². The van der Waals surface area contributed by atoms with Gasteiger partial charge in [0.1, 0.15) is 11.8 Å². The number of nitrogens with one attached hydrogen (secondary N) is 2. The number of nitrogens with zero attached hydrogens (tertiary/aromatic N) is 1. The Morgan fingerprint density at radius 2 is 1.78 bits per heavy atom.